The molecule has 4 heterocycles. The fraction of sp³-hybridized carbons (Fsp3) is 0.538. The number of rotatable bonds is 6. The zero-order valence-electron chi connectivity index (χ0n) is 22.9. The molecule has 2 aromatic rings. The van der Waals surface area contributed by atoms with Gasteiger partial charge in [-0.05, 0) is 32.0 Å². The average molecular weight is 562 g/mol. The lowest BCUT2D eigenvalue weighted by atomic mass is 10.1. The van der Waals surface area contributed by atoms with Crippen LogP contribution < -0.4 is 25.3 Å². The molecule has 2 N–H and O–H groups in total. The van der Waals surface area contributed by atoms with Crippen molar-refractivity contribution in [3.05, 3.63) is 30.0 Å². The van der Waals surface area contributed by atoms with Crippen molar-refractivity contribution in [3.8, 4) is 5.75 Å². The first-order valence-corrected chi connectivity index (χ1v) is 13.1. The van der Waals surface area contributed by atoms with Crippen LogP contribution in [0.2, 0.25) is 0 Å². The van der Waals surface area contributed by atoms with E-state index in [1.54, 1.807) is 32.0 Å². The summed E-state index contributed by atoms with van der Waals surface area (Å²) in [5, 5.41) is 4.88. The predicted octanol–water partition coefficient (Wildman–Crippen LogP) is 2.54. The van der Waals surface area contributed by atoms with E-state index in [1.165, 1.54) is 25.3 Å². The van der Waals surface area contributed by atoms with Crippen molar-refractivity contribution >= 4 is 35.0 Å². The average Bonchev–Trinajstić information content (AvgIpc) is 3.37. The Morgan fingerprint density at radius 1 is 1.18 bits per heavy atom. The van der Waals surface area contributed by atoms with E-state index in [2.05, 4.69) is 20.7 Å². The molecule has 5 rings (SSSR count). The maximum Gasteiger partial charge on any atom is 0.342 e. The fourth-order valence-electron chi connectivity index (χ4n) is 5.02. The van der Waals surface area contributed by atoms with Gasteiger partial charge in [0.05, 0.1) is 38.8 Å². The number of nitrogens with one attached hydrogen (secondary N) is 2. The lowest BCUT2D eigenvalue weighted by molar-refractivity contribution is -0.187. The summed E-state index contributed by atoms with van der Waals surface area (Å²) in [6.07, 6.45) is 2.66. The molecule has 0 aliphatic carbocycles. The molecule has 216 valence electrons. The number of methoxy groups -OCH3 is 1. The molecular weight excluding hydrogens is 528 g/mol. The van der Waals surface area contributed by atoms with E-state index in [9.17, 15) is 18.4 Å². The van der Waals surface area contributed by atoms with Crippen molar-refractivity contribution in [2.45, 2.75) is 44.4 Å². The van der Waals surface area contributed by atoms with Gasteiger partial charge in [0.25, 0.3) is 11.8 Å². The quantitative estimate of drug-likeness (QED) is 0.544. The Morgan fingerprint density at radius 2 is 1.88 bits per heavy atom. The lowest BCUT2D eigenvalue weighted by Crippen LogP contribution is -2.52. The number of hydrazine groups is 1. The Morgan fingerprint density at radius 3 is 2.52 bits per heavy atom. The van der Waals surface area contributed by atoms with Crippen LogP contribution in [-0.4, -0.2) is 91.5 Å². The maximum absolute atomic E-state index is 14.6. The summed E-state index contributed by atoms with van der Waals surface area (Å²) < 4.78 is 46.2. The first kappa shape index (κ1) is 27.9. The third kappa shape index (κ3) is 5.38. The number of halogens is 2. The largest absolute Gasteiger partial charge is 0.495 e. The second-order valence-corrected chi connectivity index (χ2v) is 10.3. The SMILES string of the molecule is COc1cc(C(=O)NN2CCC3(CC2)OCCO3)ccc1Nc1ncc2c(n1)N(C(C)C)CC(F)(F)C(=O)N2C. The van der Waals surface area contributed by atoms with Crippen LogP contribution in [0.25, 0.3) is 0 Å². The van der Waals surface area contributed by atoms with Crippen LogP contribution >= 0.6 is 0 Å². The molecule has 2 saturated heterocycles. The van der Waals surface area contributed by atoms with Crippen molar-refractivity contribution in [1.29, 1.82) is 0 Å². The van der Waals surface area contributed by atoms with Crippen molar-refractivity contribution in [1.82, 2.24) is 20.4 Å². The zero-order valence-corrected chi connectivity index (χ0v) is 22.9. The van der Waals surface area contributed by atoms with Gasteiger partial charge >= 0.3 is 5.92 Å². The molecule has 0 saturated carbocycles. The second kappa shape index (κ2) is 10.7. The van der Waals surface area contributed by atoms with Gasteiger partial charge in [0, 0.05) is 44.6 Å². The van der Waals surface area contributed by atoms with E-state index in [0.29, 0.717) is 56.1 Å². The standard InChI is InChI=1S/C26H33F2N7O5/c1-16(2)35-15-26(27,28)23(37)33(3)19-14-29-24(31-21(19)35)30-18-6-5-17(13-20(18)38-4)22(36)32-34-9-7-25(8-10-34)39-11-12-40-25/h5-6,13-14,16H,7-12,15H2,1-4H3,(H,32,36)(H,29,30,31). The minimum atomic E-state index is -3.58. The van der Waals surface area contributed by atoms with Gasteiger partial charge in [0.2, 0.25) is 5.95 Å². The highest BCUT2D eigenvalue weighted by molar-refractivity contribution is 6.02. The summed E-state index contributed by atoms with van der Waals surface area (Å²) in [6, 6.07) is 4.51. The predicted molar refractivity (Wildman–Crippen MR) is 142 cm³/mol. The molecule has 0 atom stereocenters. The first-order chi connectivity index (χ1) is 19.0. The number of carbonyl (C=O) groups is 2. The molecular formula is C26H33F2N7O5. The molecule has 1 aromatic carbocycles. The lowest BCUT2D eigenvalue weighted by Gasteiger charge is -2.37. The third-order valence-corrected chi connectivity index (χ3v) is 7.30. The van der Waals surface area contributed by atoms with Crippen molar-refractivity contribution < 1.29 is 32.6 Å². The number of ether oxygens (including phenoxy) is 3. The Labute approximate surface area is 230 Å². The summed E-state index contributed by atoms with van der Waals surface area (Å²) in [7, 11) is 2.75. The molecule has 3 aliphatic rings. The van der Waals surface area contributed by atoms with Gasteiger partial charge in [-0.25, -0.2) is 9.99 Å². The summed E-state index contributed by atoms with van der Waals surface area (Å²) in [4.78, 5) is 36.3. The highest BCUT2D eigenvalue weighted by atomic mass is 19.3. The van der Waals surface area contributed by atoms with Gasteiger partial charge in [-0.15, -0.1) is 0 Å². The summed E-state index contributed by atoms with van der Waals surface area (Å²) in [5.41, 5.74) is 3.94. The first-order valence-electron chi connectivity index (χ1n) is 13.1. The molecule has 1 aromatic heterocycles. The molecule has 3 aliphatic heterocycles. The van der Waals surface area contributed by atoms with Crippen LogP contribution in [0.4, 0.5) is 31.9 Å². The fourth-order valence-corrected chi connectivity index (χ4v) is 5.02. The number of amides is 2. The van der Waals surface area contributed by atoms with E-state index in [0.717, 1.165) is 4.90 Å². The number of carbonyl (C=O) groups excluding carboxylic acids is 2. The van der Waals surface area contributed by atoms with E-state index < -0.39 is 24.2 Å². The highest BCUT2D eigenvalue weighted by Gasteiger charge is 2.47. The number of hydrogen-bond donors (Lipinski definition) is 2. The van der Waals surface area contributed by atoms with E-state index in [-0.39, 0.29) is 29.4 Å². The number of fused-ring (bicyclic) bond motifs is 1. The van der Waals surface area contributed by atoms with Crippen molar-refractivity contribution in [2.75, 3.05) is 62.1 Å². The number of alkyl halides is 2. The van der Waals surface area contributed by atoms with E-state index in [4.69, 9.17) is 14.2 Å². The second-order valence-electron chi connectivity index (χ2n) is 10.3. The Kier molecular flexibility index (Phi) is 7.50. The monoisotopic (exact) mass is 561 g/mol. The number of aromatic nitrogens is 2. The molecule has 12 nitrogen and oxygen atoms in total. The topological polar surface area (TPSA) is 121 Å². The number of hydrogen-bond acceptors (Lipinski definition) is 10. The van der Waals surface area contributed by atoms with Crippen LogP contribution in [-0.2, 0) is 14.3 Å². The van der Waals surface area contributed by atoms with Crippen LogP contribution in [0.5, 0.6) is 5.75 Å². The molecule has 0 bridgehead atoms. The van der Waals surface area contributed by atoms with Gasteiger partial charge in [0.1, 0.15) is 11.4 Å². The third-order valence-electron chi connectivity index (χ3n) is 7.30. The van der Waals surface area contributed by atoms with Crippen LogP contribution in [0.1, 0.15) is 37.0 Å². The minimum Gasteiger partial charge on any atom is -0.495 e. The van der Waals surface area contributed by atoms with Gasteiger partial charge in [-0.1, -0.05) is 0 Å². The van der Waals surface area contributed by atoms with Crippen LogP contribution in [0.15, 0.2) is 24.4 Å². The molecule has 1 spiro atoms. The van der Waals surface area contributed by atoms with E-state index >= 15 is 0 Å². The van der Waals surface area contributed by atoms with Crippen molar-refractivity contribution in [2.24, 2.45) is 0 Å². The summed E-state index contributed by atoms with van der Waals surface area (Å²) >= 11 is 0. The molecule has 14 heteroatoms. The number of anilines is 4. The van der Waals surface area contributed by atoms with Gasteiger partial charge in [0.15, 0.2) is 11.6 Å². The van der Waals surface area contributed by atoms with Crippen LogP contribution in [0.3, 0.4) is 0 Å². The van der Waals surface area contributed by atoms with Gasteiger partial charge < -0.3 is 29.3 Å². The molecule has 2 fully saturated rings. The number of piperidine rings is 1. The molecule has 2 amide bonds. The Balaban J connectivity index is 1.32. The molecule has 40 heavy (non-hydrogen) atoms. The molecule has 0 unspecified atom stereocenters. The summed E-state index contributed by atoms with van der Waals surface area (Å²) in [5.74, 6) is -5.06. The van der Waals surface area contributed by atoms with Gasteiger partial charge in [-0.2, -0.15) is 13.8 Å². The molecule has 0 radical (unpaired) electrons. The van der Waals surface area contributed by atoms with Gasteiger partial charge in [-0.3, -0.25) is 15.0 Å². The summed E-state index contributed by atoms with van der Waals surface area (Å²) in [6.45, 7) is 5.06. The normalized spacial score (nSPS) is 20.4. The zero-order chi connectivity index (χ0) is 28.7. The van der Waals surface area contributed by atoms with Crippen molar-refractivity contribution in [3.63, 3.8) is 0 Å². The Hall–Kier alpha value is -3.62. The smallest absolute Gasteiger partial charge is 0.342 e. The van der Waals surface area contributed by atoms with Crippen LogP contribution in [0, 0.1) is 0 Å². The Bertz CT molecular complexity index is 1280. The maximum atomic E-state index is 14.6. The number of nitrogens with zero attached hydrogens (tertiary/aromatic N) is 5. The minimum absolute atomic E-state index is 0.115. The van der Waals surface area contributed by atoms with E-state index in [1.807, 2.05) is 5.01 Å². The highest BCUT2D eigenvalue weighted by Crippen LogP contribution is 2.37. The number of benzene rings is 1.